The van der Waals surface area contributed by atoms with Crippen molar-refractivity contribution < 1.29 is 9.84 Å². The van der Waals surface area contributed by atoms with Crippen molar-refractivity contribution in [1.29, 1.82) is 0 Å². The van der Waals surface area contributed by atoms with Gasteiger partial charge in [-0.3, -0.25) is 0 Å². The number of nitrogens with zero attached hydrogens (tertiary/aromatic N) is 3. The summed E-state index contributed by atoms with van der Waals surface area (Å²) in [6, 6.07) is 8.79. The minimum Gasteiger partial charge on any atom is -0.388 e. The number of ether oxygens (including phenoxy) is 1. The second-order valence-corrected chi connectivity index (χ2v) is 5.88. The maximum atomic E-state index is 9.60. The summed E-state index contributed by atoms with van der Waals surface area (Å²) in [5.74, 6) is 1.78. The highest BCUT2D eigenvalue weighted by Gasteiger charge is 2.28. The smallest absolute Gasteiger partial charge is 0.156 e. The molecule has 1 fully saturated rings. The number of aromatic nitrogens is 3. The Balaban J connectivity index is 1.63. The van der Waals surface area contributed by atoms with Gasteiger partial charge in [-0.2, -0.15) is 5.10 Å². The first kappa shape index (κ1) is 13.0. The molecule has 21 heavy (non-hydrogen) atoms. The molecule has 0 amide bonds. The lowest BCUT2D eigenvalue weighted by atomic mass is 10.1. The van der Waals surface area contributed by atoms with Crippen molar-refractivity contribution in [2.24, 2.45) is 0 Å². The predicted octanol–water partition coefficient (Wildman–Crippen LogP) is 1.61. The number of benzene rings is 1. The molecule has 5 nitrogen and oxygen atoms in total. The minimum atomic E-state index is -0.0621. The first-order chi connectivity index (χ1) is 10.3. The van der Waals surface area contributed by atoms with E-state index in [0.717, 1.165) is 31.7 Å². The van der Waals surface area contributed by atoms with Gasteiger partial charge < -0.3 is 9.84 Å². The molecule has 0 bridgehead atoms. The summed E-state index contributed by atoms with van der Waals surface area (Å²) in [5.41, 5.74) is 2.76. The molecule has 4 rings (SSSR count). The van der Waals surface area contributed by atoms with E-state index >= 15 is 0 Å². The van der Waals surface area contributed by atoms with Crippen LogP contribution in [0.4, 0.5) is 0 Å². The molecule has 1 aliphatic carbocycles. The van der Waals surface area contributed by atoms with Crippen molar-refractivity contribution in [1.82, 2.24) is 14.8 Å². The van der Waals surface area contributed by atoms with Crippen molar-refractivity contribution in [3.63, 3.8) is 0 Å². The fourth-order valence-electron chi connectivity index (χ4n) is 3.39. The summed E-state index contributed by atoms with van der Waals surface area (Å²) in [6.45, 7) is 1.41. The standard InChI is InChI=1S/C16H19N3O2/c20-9-15-17-16(13-5-6-21-10-13)18-19(15)14-7-11-3-1-2-4-12(11)8-14/h1-4,13-14,20H,5-10H2/t13-/m1/s1. The van der Waals surface area contributed by atoms with Gasteiger partial charge in [0.05, 0.1) is 12.6 Å². The third kappa shape index (κ3) is 2.26. The van der Waals surface area contributed by atoms with E-state index in [1.165, 1.54) is 11.1 Å². The lowest BCUT2D eigenvalue weighted by Crippen LogP contribution is -2.14. The summed E-state index contributed by atoms with van der Waals surface area (Å²) in [5, 5.41) is 14.3. The number of fused-ring (bicyclic) bond motifs is 1. The van der Waals surface area contributed by atoms with E-state index in [-0.39, 0.29) is 18.6 Å². The highest BCUT2D eigenvalue weighted by atomic mass is 16.5. The first-order valence-electron chi connectivity index (χ1n) is 7.56. The van der Waals surface area contributed by atoms with E-state index in [1.807, 2.05) is 4.68 Å². The van der Waals surface area contributed by atoms with Crippen LogP contribution >= 0.6 is 0 Å². The maximum Gasteiger partial charge on any atom is 0.156 e. The van der Waals surface area contributed by atoms with Gasteiger partial charge in [-0.25, -0.2) is 9.67 Å². The van der Waals surface area contributed by atoms with E-state index in [9.17, 15) is 5.11 Å². The molecular weight excluding hydrogens is 266 g/mol. The Morgan fingerprint density at radius 3 is 2.62 bits per heavy atom. The van der Waals surface area contributed by atoms with Gasteiger partial charge in [0.25, 0.3) is 0 Å². The molecule has 5 heteroatoms. The van der Waals surface area contributed by atoms with Gasteiger partial charge in [0.1, 0.15) is 6.61 Å². The van der Waals surface area contributed by atoms with Crippen molar-refractivity contribution >= 4 is 0 Å². The molecule has 0 spiro atoms. The number of aliphatic hydroxyl groups is 1. The van der Waals surface area contributed by atoms with Crippen LogP contribution in [0.1, 0.15) is 41.2 Å². The molecule has 0 radical (unpaired) electrons. The molecule has 1 aliphatic heterocycles. The zero-order valence-electron chi connectivity index (χ0n) is 11.9. The molecule has 2 aliphatic rings. The van der Waals surface area contributed by atoms with Crippen molar-refractivity contribution in [2.75, 3.05) is 13.2 Å². The van der Waals surface area contributed by atoms with Gasteiger partial charge in [0.15, 0.2) is 11.6 Å². The minimum absolute atomic E-state index is 0.0621. The van der Waals surface area contributed by atoms with E-state index in [0.29, 0.717) is 12.4 Å². The van der Waals surface area contributed by atoms with Crippen LogP contribution in [0.3, 0.4) is 0 Å². The Kier molecular flexibility index (Phi) is 3.24. The van der Waals surface area contributed by atoms with E-state index < -0.39 is 0 Å². The summed E-state index contributed by atoms with van der Waals surface area (Å²) in [4.78, 5) is 4.54. The molecular formula is C16H19N3O2. The number of aliphatic hydroxyl groups excluding tert-OH is 1. The number of hydrogen-bond acceptors (Lipinski definition) is 4. The van der Waals surface area contributed by atoms with E-state index in [2.05, 4.69) is 29.2 Å². The van der Waals surface area contributed by atoms with Crippen LogP contribution in [-0.4, -0.2) is 33.1 Å². The normalized spacial score (nSPS) is 21.9. The Morgan fingerprint density at radius 1 is 1.24 bits per heavy atom. The Labute approximate surface area is 123 Å². The predicted molar refractivity (Wildman–Crippen MR) is 77.0 cm³/mol. The van der Waals surface area contributed by atoms with Gasteiger partial charge in [0, 0.05) is 12.5 Å². The summed E-state index contributed by atoms with van der Waals surface area (Å²) < 4.78 is 7.36. The molecule has 110 valence electrons. The highest BCUT2D eigenvalue weighted by Crippen LogP contribution is 2.31. The van der Waals surface area contributed by atoms with Crippen molar-refractivity contribution in [3.05, 3.63) is 47.0 Å². The molecule has 0 unspecified atom stereocenters. The SMILES string of the molecule is OCc1nc([C@@H]2CCOC2)nn1C1Cc2ccccc2C1. The lowest BCUT2D eigenvalue weighted by molar-refractivity contribution is 0.193. The van der Waals surface area contributed by atoms with Crippen LogP contribution in [0.15, 0.2) is 24.3 Å². The Bertz CT molecular complexity index is 622. The Morgan fingerprint density at radius 2 is 2.00 bits per heavy atom. The summed E-state index contributed by atoms with van der Waals surface area (Å²) >= 11 is 0. The van der Waals surface area contributed by atoms with E-state index in [4.69, 9.17) is 9.84 Å². The second kappa shape index (κ2) is 5.24. The molecule has 1 saturated heterocycles. The fraction of sp³-hybridized carbons (Fsp3) is 0.500. The highest BCUT2D eigenvalue weighted by molar-refractivity contribution is 5.32. The summed E-state index contributed by atoms with van der Waals surface area (Å²) in [6.07, 6.45) is 2.90. The first-order valence-corrected chi connectivity index (χ1v) is 7.56. The maximum absolute atomic E-state index is 9.60. The molecule has 0 saturated carbocycles. The zero-order valence-corrected chi connectivity index (χ0v) is 11.9. The van der Waals surface area contributed by atoms with Crippen LogP contribution in [0, 0.1) is 0 Å². The molecule has 2 heterocycles. The van der Waals surface area contributed by atoms with Gasteiger partial charge in [0.2, 0.25) is 0 Å². The van der Waals surface area contributed by atoms with Gasteiger partial charge >= 0.3 is 0 Å². The van der Waals surface area contributed by atoms with Gasteiger partial charge in [-0.1, -0.05) is 24.3 Å². The summed E-state index contributed by atoms with van der Waals surface area (Å²) in [7, 11) is 0. The van der Waals surface area contributed by atoms with Crippen molar-refractivity contribution in [2.45, 2.75) is 37.8 Å². The van der Waals surface area contributed by atoms with E-state index in [1.54, 1.807) is 0 Å². The second-order valence-electron chi connectivity index (χ2n) is 5.88. The number of rotatable bonds is 3. The average Bonchev–Trinajstić information content (AvgIpc) is 3.24. The van der Waals surface area contributed by atoms with Crippen LogP contribution in [-0.2, 0) is 24.2 Å². The third-order valence-electron chi connectivity index (χ3n) is 4.53. The lowest BCUT2D eigenvalue weighted by Gasteiger charge is -2.11. The third-order valence-corrected chi connectivity index (χ3v) is 4.53. The van der Waals surface area contributed by atoms with Crippen LogP contribution in [0.5, 0.6) is 0 Å². The van der Waals surface area contributed by atoms with Crippen LogP contribution in [0.25, 0.3) is 0 Å². The van der Waals surface area contributed by atoms with Crippen molar-refractivity contribution in [3.8, 4) is 0 Å². The van der Waals surface area contributed by atoms with Crippen LogP contribution < -0.4 is 0 Å². The largest absolute Gasteiger partial charge is 0.388 e. The fourth-order valence-corrected chi connectivity index (χ4v) is 3.39. The quantitative estimate of drug-likeness (QED) is 0.931. The average molecular weight is 285 g/mol. The zero-order chi connectivity index (χ0) is 14.2. The monoisotopic (exact) mass is 285 g/mol. The molecule has 1 N–H and O–H groups in total. The number of hydrogen-bond donors (Lipinski definition) is 1. The van der Waals surface area contributed by atoms with Crippen LogP contribution in [0.2, 0.25) is 0 Å². The molecule has 2 aromatic rings. The topological polar surface area (TPSA) is 60.2 Å². The molecule has 1 aromatic heterocycles. The Hall–Kier alpha value is -1.72. The molecule has 1 atom stereocenters. The van der Waals surface area contributed by atoms with Gasteiger partial charge in [-0.05, 0) is 30.4 Å². The van der Waals surface area contributed by atoms with Gasteiger partial charge in [-0.15, -0.1) is 0 Å². The molecule has 1 aromatic carbocycles.